The maximum atomic E-state index is 2.62. The second-order valence-corrected chi connectivity index (χ2v) is 9.95. The van der Waals surface area contributed by atoms with Gasteiger partial charge in [0.15, 0.2) is 0 Å². The van der Waals surface area contributed by atoms with Crippen LogP contribution in [0, 0.1) is 30.1 Å². The predicted octanol–water partition coefficient (Wildman–Crippen LogP) is 1.81. The third-order valence-corrected chi connectivity index (χ3v) is 8.29. The van der Waals surface area contributed by atoms with E-state index in [9.17, 15) is 0 Å². The quantitative estimate of drug-likeness (QED) is 0.498. The van der Waals surface area contributed by atoms with Crippen LogP contribution in [0.3, 0.4) is 0 Å². The van der Waals surface area contributed by atoms with Gasteiger partial charge in [-0.1, -0.05) is 103 Å². The summed E-state index contributed by atoms with van der Waals surface area (Å²) in [6, 6.07) is 9.19. The van der Waals surface area contributed by atoms with E-state index in [-0.39, 0.29) is 51.0 Å². The standard InChI is InChI=1S/C30H33.2ClH.Zr/c1-2-3-9-20-16-17-22(18-20)24-14-8-15-27-29(24)26-13-7-6-12-25(26)28-19-21-10-4-5-11-23(21)30(27)28;;;/h4-5,8,10-12,15-18,22,24,26,29H,2-3,6-7,9,13-14,19H2,1H3;2*1H;/q-1;;;+3/p-2. The van der Waals surface area contributed by atoms with Gasteiger partial charge in [-0.2, -0.15) is 5.57 Å². The Kier molecular flexibility index (Phi) is 9.22. The average molecular weight is 556 g/mol. The summed E-state index contributed by atoms with van der Waals surface area (Å²) in [6.07, 6.45) is 25.5. The van der Waals surface area contributed by atoms with Crippen LogP contribution in [0.1, 0.15) is 63.0 Å². The number of rotatable bonds is 4. The molecule has 3 heteroatoms. The SMILES string of the molecule is CCCCC1=CC(C2CC=CC3=C4C(=C5[CH-]CCCC5C32)Cc2ccccc24)C=C1.[Cl-].[Cl-].[Zr+3]. The molecule has 171 valence electrons. The summed E-state index contributed by atoms with van der Waals surface area (Å²) in [4.78, 5) is 0. The number of hydrogen-bond acceptors (Lipinski definition) is 0. The minimum Gasteiger partial charge on any atom is -1.00 e. The van der Waals surface area contributed by atoms with Crippen molar-refractivity contribution in [3.63, 3.8) is 0 Å². The van der Waals surface area contributed by atoms with Crippen LogP contribution >= 0.6 is 0 Å². The van der Waals surface area contributed by atoms with E-state index in [1.165, 1.54) is 50.5 Å². The van der Waals surface area contributed by atoms with Gasteiger partial charge >= 0.3 is 26.2 Å². The molecule has 1 fully saturated rings. The molecular formula is C30H33Cl2Zr. The summed E-state index contributed by atoms with van der Waals surface area (Å²) < 4.78 is 0. The molecule has 4 unspecified atom stereocenters. The molecule has 0 N–H and O–H groups in total. The first kappa shape index (κ1) is 26.9. The summed E-state index contributed by atoms with van der Waals surface area (Å²) >= 11 is 0. The van der Waals surface area contributed by atoms with Crippen LogP contribution in [-0.2, 0) is 32.6 Å². The van der Waals surface area contributed by atoms with Crippen LogP contribution in [0.4, 0.5) is 0 Å². The van der Waals surface area contributed by atoms with Crippen LogP contribution in [0.15, 0.2) is 76.9 Å². The monoisotopic (exact) mass is 553 g/mol. The van der Waals surface area contributed by atoms with E-state index in [4.69, 9.17) is 0 Å². The summed E-state index contributed by atoms with van der Waals surface area (Å²) in [6.45, 7) is 2.30. The van der Waals surface area contributed by atoms with Crippen LogP contribution in [0.5, 0.6) is 0 Å². The molecule has 1 aromatic rings. The van der Waals surface area contributed by atoms with Gasteiger partial charge in [-0.15, -0.1) is 6.42 Å². The van der Waals surface area contributed by atoms with E-state index in [2.05, 4.69) is 68.0 Å². The Morgan fingerprint density at radius 3 is 2.79 bits per heavy atom. The molecule has 1 radical (unpaired) electrons. The third kappa shape index (κ3) is 4.60. The first-order valence-corrected chi connectivity index (χ1v) is 12.3. The molecule has 1 aromatic carbocycles. The summed E-state index contributed by atoms with van der Waals surface area (Å²) in [5, 5.41) is 0. The molecule has 0 amide bonds. The van der Waals surface area contributed by atoms with Crippen LogP contribution in [0.25, 0.3) is 5.57 Å². The fourth-order valence-corrected chi connectivity index (χ4v) is 6.97. The first-order chi connectivity index (χ1) is 14.8. The number of unbranched alkanes of at least 4 members (excludes halogenated alkanes) is 1. The van der Waals surface area contributed by atoms with Crippen molar-refractivity contribution in [2.24, 2.45) is 23.7 Å². The zero-order chi connectivity index (χ0) is 20.1. The van der Waals surface area contributed by atoms with Gasteiger partial charge in [0.1, 0.15) is 0 Å². The van der Waals surface area contributed by atoms with Crippen molar-refractivity contribution in [1.29, 1.82) is 0 Å². The summed E-state index contributed by atoms with van der Waals surface area (Å²) in [5.41, 5.74) is 11.3. The van der Waals surface area contributed by atoms with Gasteiger partial charge in [-0.05, 0) is 54.9 Å². The second-order valence-electron chi connectivity index (χ2n) is 9.95. The number of benzene rings is 1. The van der Waals surface area contributed by atoms with Gasteiger partial charge < -0.3 is 24.8 Å². The smallest absolute Gasteiger partial charge is 1.00 e. The molecular weight excluding hydrogens is 522 g/mol. The van der Waals surface area contributed by atoms with Crippen molar-refractivity contribution < 1.29 is 51.0 Å². The molecule has 5 aliphatic rings. The largest absolute Gasteiger partial charge is 3.00 e. The van der Waals surface area contributed by atoms with E-state index in [0.717, 1.165) is 12.3 Å². The number of allylic oxidation sites excluding steroid dienone is 10. The van der Waals surface area contributed by atoms with E-state index in [0.29, 0.717) is 17.8 Å². The Balaban J connectivity index is 0.00000102. The maximum absolute atomic E-state index is 2.62. The van der Waals surface area contributed by atoms with Gasteiger partial charge in [0.25, 0.3) is 0 Å². The normalized spacial score (nSPS) is 28.3. The maximum Gasteiger partial charge on any atom is 3.00 e. The van der Waals surface area contributed by atoms with Gasteiger partial charge in [0.05, 0.1) is 0 Å². The molecule has 4 atom stereocenters. The van der Waals surface area contributed by atoms with Crippen molar-refractivity contribution in [3.05, 3.63) is 94.5 Å². The Labute approximate surface area is 231 Å². The Morgan fingerprint density at radius 1 is 1.09 bits per heavy atom. The summed E-state index contributed by atoms with van der Waals surface area (Å²) in [7, 11) is 0. The van der Waals surface area contributed by atoms with E-state index in [1.54, 1.807) is 33.4 Å². The average Bonchev–Trinajstić information content (AvgIpc) is 3.42. The number of hydrogen-bond donors (Lipinski definition) is 0. The molecule has 33 heavy (non-hydrogen) atoms. The molecule has 0 bridgehead atoms. The molecule has 0 nitrogen and oxygen atoms in total. The van der Waals surface area contributed by atoms with Gasteiger partial charge in [-0.3, -0.25) is 0 Å². The van der Waals surface area contributed by atoms with Crippen molar-refractivity contribution in [3.8, 4) is 0 Å². The van der Waals surface area contributed by atoms with E-state index in [1.807, 2.05) is 0 Å². The fourth-order valence-electron chi connectivity index (χ4n) is 6.97. The molecule has 5 aliphatic carbocycles. The van der Waals surface area contributed by atoms with Crippen molar-refractivity contribution in [1.82, 2.24) is 0 Å². The zero-order valence-electron chi connectivity index (χ0n) is 19.5. The first-order valence-electron chi connectivity index (χ1n) is 12.3. The van der Waals surface area contributed by atoms with Crippen molar-refractivity contribution in [2.45, 2.75) is 58.3 Å². The van der Waals surface area contributed by atoms with Crippen molar-refractivity contribution in [2.75, 3.05) is 0 Å². The zero-order valence-corrected chi connectivity index (χ0v) is 23.5. The molecule has 0 aromatic heterocycles. The van der Waals surface area contributed by atoms with Crippen LogP contribution < -0.4 is 24.8 Å². The van der Waals surface area contributed by atoms with E-state index >= 15 is 0 Å². The van der Waals surface area contributed by atoms with Gasteiger partial charge in [0.2, 0.25) is 0 Å². The summed E-state index contributed by atoms with van der Waals surface area (Å²) in [5.74, 6) is 2.75. The second kappa shape index (κ2) is 11.3. The van der Waals surface area contributed by atoms with Crippen LogP contribution in [0.2, 0.25) is 0 Å². The topological polar surface area (TPSA) is 0 Å². The molecule has 0 aliphatic heterocycles. The molecule has 6 rings (SSSR count). The van der Waals surface area contributed by atoms with Gasteiger partial charge in [-0.25, -0.2) is 12.0 Å². The Bertz CT molecular complexity index is 1030. The third-order valence-electron chi connectivity index (χ3n) is 8.29. The Hall–Kier alpha value is -0.747. The molecule has 1 saturated carbocycles. The van der Waals surface area contributed by atoms with E-state index < -0.39 is 0 Å². The fraction of sp³-hybridized carbons (Fsp3) is 0.433. The van der Waals surface area contributed by atoms with Gasteiger partial charge in [0, 0.05) is 0 Å². The van der Waals surface area contributed by atoms with Crippen molar-refractivity contribution >= 4 is 5.57 Å². The minimum absolute atomic E-state index is 0. The van der Waals surface area contributed by atoms with Crippen LogP contribution in [-0.4, -0.2) is 0 Å². The number of halogens is 2. The molecule has 0 heterocycles. The molecule has 0 spiro atoms. The number of fused-ring (bicyclic) bond motifs is 6. The predicted molar refractivity (Wildman–Crippen MR) is 127 cm³/mol. The Morgan fingerprint density at radius 2 is 1.94 bits per heavy atom. The molecule has 0 saturated heterocycles. The minimum atomic E-state index is 0.